The smallest absolute Gasteiger partial charge is 0.319 e. The molecule has 0 bridgehead atoms. The van der Waals surface area contributed by atoms with Crippen LogP contribution in [0.3, 0.4) is 0 Å². The van der Waals surface area contributed by atoms with E-state index in [0.29, 0.717) is 23.9 Å². The summed E-state index contributed by atoms with van der Waals surface area (Å²) in [6, 6.07) is 16.1. The van der Waals surface area contributed by atoms with Crippen molar-refractivity contribution >= 4 is 23.3 Å². The fourth-order valence-electron chi connectivity index (χ4n) is 3.33. The number of halogens is 1. The summed E-state index contributed by atoms with van der Waals surface area (Å²) >= 11 is 6.07. The highest BCUT2D eigenvalue weighted by atomic mass is 35.5. The zero-order valence-electron chi connectivity index (χ0n) is 14.5. The zero-order chi connectivity index (χ0) is 18.4. The topological polar surface area (TPSA) is 70.6 Å². The van der Waals surface area contributed by atoms with Crippen molar-refractivity contribution in [3.63, 3.8) is 0 Å². The number of aliphatic hydroxyl groups is 1. The molecule has 2 aromatic rings. The van der Waals surface area contributed by atoms with E-state index in [1.807, 2.05) is 30.3 Å². The van der Waals surface area contributed by atoms with Crippen molar-refractivity contribution in [2.24, 2.45) is 5.92 Å². The lowest BCUT2D eigenvalue weighted by molar-refractivity contribution is -0.0674. The molecule has 0 saturated carbocycles. The molecule has 3 N–H and O–H groups in total. The number of amides is 2. The van der Waals surface area contributed by atoms with Gasteiger partial charge >= 0.3 is 6.03 Å². The number of benzene rings is 2. The number of anilines is 1. The summed E-state index contributed by atoms with van der Waals surface area (Å²) in [4.78, 5) is 12.3. The molecule has 1 aliphatic rings. The van der Waals surface area contributed by atoms with Gasteiger partial charge in [0.2, 0.25) is 0 Å². The van der Waals surface area contributed by atoms with Gasteiger partial charge in [-0.2, -0.15) is 0 Å². The second-order valence-corrected chi connectivity index (χ2v) is 6.87. The molecular formula is C20H23ClN2O3. The second-order valence-electron chi connectivity index (χ2n) is 6.46. The average molecular weight is 375 g/mol. The molecule has 1 fully saturated rings. The number of para-hydroxylation sites is 1. The van der Waals surface area contributed by atoms with Gasteiger partial charge in [0, 0.05) is 13.2 Å². The lowest BCUT2D eigenvalue weighted by Gasteiger charge is -2.39. The molecule has 1 heterocycles. The van der Waals surface area contributed by atoms with Crippen molar-refractivity contribution in [3.05, 3.63) is 65.2 Å². The van der Waals surface area contributed by atoms with E-state index >= 15 is 0 Å². The van der Waals surface area contributed by atoms with Crippen molar-refractivity contribution in [1.29, 1.82) is 0 Å². The largest absolute Gasteiger partial charge is 0.383 e. The highest BCUT2D eigenvalue weighted by Crippen LogP contribution is 2.35. The fraction of sp³-hybridized carbons (Fsp3) is 0.350. The van der Waals surface area contributed by atoms with Crippen molar-refractivity contribution in [1.82, 2.24) is 5.32 Å². The van der Waals surface area contributed by atoms with Crippen LogP contribution in [0, 0.1) is 5.92 Å². The molecule has 138 valence electrons. The first kappa shape index (κ1) is 18.7. The van der Waals surface area contributed by atoms with Crippen LogP contribution >= 0.6 is 11.6 Å². The van der Waals surface area contributed by atoms with E-state index in [9.17, 15) is 9.90 Å². The molecule has 3 rings (SSSR count). The molecule has 2 amide bonds. The third kappa shape index (κ3) is 4.36. The molecule has 1 aliphatic heterocycles. The number of carbonyl (C=O) groups excluding carboxylic acids is 1. The second kappa shape index (κ2) is 8.54. The number of urea groups is 1. The standard InChI is InChI=1S/C20H23ClN2O3/c21-17-8-4-5-9-18(17)23-19(24)22-14-20(25,15-6-2-1-3-7-15)16-10-12-26-13-11-16/h1-9,16,25H,10-14H2,(H2,22,23,24). The maximum Gasteiger partial charge on any atom is 0.319 e. The minimum absolute atomic E-state index is 0.0132. The van der Waals surface area contributed by atoms with Crippen molar-refractivity contribution in [2.45, 2.75) is 18.4 Å². The Labute approximate surface area is 158 Å². The number of ether oxygens (including phenoxy) is 1. The number of nitrogens with one attached hydrogen (secondary N) is 2. The van der Waals surface area contributed by atoms with E-state index in [-0.39, 0.29) is 12.5 Å². The van der Waals surface area contributed by atoms with Crippen LogP contribution in [0.2, 0.25) is 5.02 Å². The SMILES string of the molecule is O=C(NCC(O)(c1ccccc1)C1CCOCC1)Nc1ccccc1Cl. The Hall–Kier alpha value is -2.08. The van der Waals surface area contributed by atoms with Gasteiger partial charge in [-0.1, -0.05) is 54.1 Å². The van der Waals surface area contributed by atoms with Crippen LogP contribution in [0.5, 0.6) is 0 Å². The van der Waals surface area contributed by atoms with Gasteiger partial charge in [0.25, 0.3) is 0 Å². The summed E-state index contributed by atoms with van der Waals surface area (Å²) in [5.41, 5.74) is 0.175. The van der Waals surface area contributed by atoms with Crippen LogP contribution < -0.4 is 10.6 Å². The van der Waals surface area contributed by atoms with Gasteiger partial charge in [-0.25, -0.2) is 4.79 Å². The van der Waals surface area contributed by atoms with Gasteiger partial charge in [0.05, 0.1) is 17.3 Å². The van der Waals surface area contributed by atoms with Gasteiger partial charge in [0.15, 0.2) is 0 Å². The summed E-state index contributed by atoms with van der Waals surface area (Å²) in [6.45, 7) is 1.34. The molecule has 6 heteroatoms. The Balaban J connectivity index is 1.71. The maximum atomic E-state index is 12.3. The first-order valence-electron chi connectivity index (χ1n) is 8.74. The molecule has 1 atom stereocenters. The molecule has 5 nitrogen and oxygen atoms in total. The Morgan fingerprint density at radius 1 is 1.12 bits per heavy atom. The van der Waals surface area contributed by atoms with Crippen molar-refractivity contribution < 1.29 is 14.6 Å². The number of rotatable bonds is 5. The van der Waals surface area contributed by atoms with E-state index < -0.39 is 11.6 Å². The number of hydrogen-bond acceptors (Lipinski definition) is 3. The average Bonchev–Trinajstić information content (AvgIpc) is 2.69. The van der Waals surface area contributed by atoms with E-state index in [2.05, 4.69) is 10.6 Å². The van der Waals surface area contributed by atoms with Gasteiger partial charge in [-0.3, -0.25) is 0 Å². The monoisotopic (exact) mass is 374 g/mol. The first-order valence-corrected chi connectivity index (χ1v) is 9.12. The van der Waals surface area contributed by atoms with E-state index in [4.69, 9.17) is 16.3 Å². The molecule has 0 spiro atoms. The first-order chi connectivity index (χ1) is 12.6. The van der Waals surface area contributed by atoms with Crippen LogP contribution in [0.15, 0.2) is 54.6 Å². The van der Waals surface area contributed by atoms with Crippen LogP contribution in [-0.2, 0) is 10.3 Å². The number of carbonyl (C=O) groups is 1. The van der Waals surface area contributed by atoms with Crippen LogP contribution in [-0.4, -0.2) is 30.9 Å². The Bertz CT molecular complexity index is 735. The predicted octanol–water partition coefficient (Wildman–Crippen LogP) is 3.78. The quantitative estimate of drug-likeness (QED) is 0.746. The molecular weight excluding hydrogens is 352 g/mol. The van der Waals surface area contributed by atoms with Gasteiger partial charge in [0.1, 0.15) is 5.60 Å². The fourth-order valence-corrected chi connectivity index (χ4v) is 3.51. The molecule has 0 aromatic heterocycles. The summed E-state index contributed by atoms with van der Waals surface area (Å²) in [5, 5.41) is 17.4. The predicted molar refractivity (Wildman–Crippen MR) is 102 cm³/mol. The lowest BCUT2D eigenvalue weighted by atomic mass is 9.77. The van der Waals surface area contributed by atoms with Crippen LogP contribution in [0.25, 0.3) is 0 Å². The molecule has 0 aliphatic carbocycles. The Kier molecular flexibility index (Phi) is 6.14. The molecule has 2 aromatic carbocycles. The molecule has 0 radical (unpaired) electrons. The van der Waals surface area contributed by atoms with E-state index in [1.54, 1.807) is 24.3 Å². The summed E-state index contributed by atoms with van der Waals surface area (Å²) in [7, 11) is 0. The summed E-state index contributed by atoms with van der Waals surface area (Å²) in [5.74, 6) is 0.0132. The highest BCUT2D eigenvalue weighted by molar-refractivity contribution is 6.33. The third-order valence-electron chi connectivity index (χ3n) is 4.81. The summed E-state index contributed by atoms with van der Waals surface area (Å²) < 4.78 is 5.42. The van der Waals surface area contributed by atoms with Gasteiger partial charge < -0.3 is 20.5 Å². The normalized spacial score (nSPS) is 17.3. The number of hydrogen-bond donors (Lipinski definition) is 3. The van der Waals surface area contributed by atoms with Crippen molar-refractivity contribution in [3.8, 4) is 0 Å². The third-order valence-corrected chi connectivity index (χ3v) is 5.14. The Morgan fingerprint density at radius 3 is 2.46 bits per heavy atom. The van der Waals surface area contributed by atoms with Gasteiger partial charge in [-0.15, -0.1) is 0 Å². The van der Waals surface area contributed by atoms with E-state index in [0.717, 1.165) is 18.4 Å². The van der Waals surface area contributed by atoms with Crippen LogP contribution in [0.1, 0.15) is 18.4 Å². The zero-order valence-corrected chi connectivity index (χ0v) is 15.2. The lowest BCUT2D eigenvalue weighted by Crippen LogP contribution is -2.48. The summed E-state index contributed by atoms with van der Waals surface area (Å²) in [6.07, 6.45) is 1.50. The molecule has 1 unspecified atom stereocenters. The van der Waals surface area contributed by atoms with Crippen LogP contribution in [0.4, 0.5) is 10.5 Å². The van der Waals surface area contributed by atoms with E-state index in [1.165, 1.54) is 0 Å². The highest BCUT2D eigenvalue weighted by Gasteiger charge is 2.39. The molecule has 1 saturated heterocycles. The van der Waals surface area contributed by atoms with Gasteiger partial charge in [-0.05, 0) is 36.5 Å². The minimum Gasteiger partial charge on any atom is -0.383 e. The minimum atomic E-state index is -1.15. The Morgan fingerprint density at radius 2 is 1.77 bits per heavy atom. The molecule has 26 heavy (non-hydrogen) atoms. The van der Waals surface area contributed by atoms with Crippen molar-refractivity contribution in [2.75, 3.05) is 25.1 Å². The maximum absolute atomic E-state index is 12.3.